The molecule has 1 saturated heterocycles. The highest BCUT2D eigenvalue weighted by molar-refractivity contribution is 6.18. The van der Waals surface area contributed by atoms with Crippen LogP contribution >= 0.6 is 0 Å². The van der Waals surface area contributed by atoms with Crippen molar-refractivity contribution in [2.24, 2.45) is 11.7 Å². The molecule has 0 aromatic heterocycles. The molecule has 2 fully saturated rings. The third-order valence-corrected chi connectivity index (χ3v) is 6.01. The van der Waals surface area contributed by atoms with Crippen molar-refractivity contribution in [3.63, 3.8) is 0 Å². The topological polar surface area (TPSA) is 119 Å². The summed E-state index contributed by atoms with van der Waals surface area (Å²) < 4.78 is 19.4. The van der Waals surface area contributed by atoms with Crippen molar-refractivity contribution in [1.82, 2.24) is 10.2 Å². The van der Waals surface area contributed by atoms with Crippen LogP contribution in [0.15, 0.2) is 18.2 Å². The van der Waals surface area contributed by atoms with Gasteiger partial charge >= 0.3 is 6.03 Å². The lowest BCUT2D eigenvalue weighted by Gasteiger charge is -2.36. The summed E-state index contributed by atoms with van der Waals surface area (Å²) in [6.07, 6.45) is 3.51. The van der Waals surface area contributed by atoms with E-state index in [0.717, 1.165) is 44.2 Å². The molecule has 2 aliphatic heterocycles. The average Bonchev–Trinajstić information content (AvgIpc) is 2.93. The summed E-state index contributed by atoms with van der Waals surface area (Å²) in [5, 5.41) is 2.52. The quantitative estimate of drug-likeness (QED) is 0.745. The van der Waals surface area contributed by atoms with Crippen LogP contribution in [-0.2, 0) is 19.9 Å². The molecule has 0 bridgehead atoms. The zero-order valence-corrected chi connectivity index (χ0v) is 15.8. The minimum absolute atomic E-state index is 0.0664. The van der Waals surface area contributed by atoms with Crippen LogP contribution in [0.2, 0.25) is 0 Å². The molecule has 9 heteroatoms. The zero-order valence-electron chi connectivity index (χ0n) is 15.8. The van der Waals surface area contributed by atoms with Gasteiger partial charge in [-0.1, -0.05) is 19.3 Å². The van der Waals surface area contributed by atoms with Crippen molar-refractivity contribution in [3.05, 3.63) is 29.6 Å². The molecule has 1 spiro atoms. The predicted molar refractivity (Wildman–Crippen MR) is 97.9 cm³/mol. The number of nitrogens with two attached hydrogens (primary N) is 1. The second-order valence-corrected chi connectivity index (χ2v) is 7.93. The predicted octanol–water partition coefficient (Wildman–Crippen LogP) is 1.71. The highest BCUT2D eigenvalue weighted by atomic mass is 19.1. The number of hydrogen-bond donors (Lipinski definition) is 2. The maximum Gasteiger partial charge on any atom is 0.332 e. The summed E-state index contributed by atoms with van der Waals surface area (Å²) in [5.74, 6) is -2.68. The first-order valence-electron chi connectivity index (χ1n) is 9.77. The second kappa shape index (κ2) is 7.13. The summed E-state index contributed by atoms with van der Waals surface area (Å²) in [7, 11) is 0. The Morgan fingerprint density at radius 1 is 1.24 bits per heavy atom. The van der Waals surface area contributed by atoms with E-state index in [1.54, 1.807) is 0 Å². The van der Waals surface area contributed by atoms with Gasteiger partial charge in [-0.25, -0.2) is 9.18 Å². The van der Waals surface area contributed by atoms with Gasteiger partial charge in [0.2, 0.25) is 5.91 Å². The molecule has 1 aliphatic carbocycles. The van der Waals surface area contributed by atoms with E-state index in [1.165, 1.54) is 6.07 Å². The third kappa shape index (κ3) is 3.24. The first-order valence-corrected chi connectivity index (χ1v) is 9.77. The second-order valence-electron chi connectivity index (χ2n) is 7.93. The van der Waals surface area contributed by atoms with E-state index in [4.69, 9.17) is 10.5 Å². The average molecular weight is 403 g/mol. The normalized spacial score (nSPS) is 26.8. The van der Waals surface area contributed by atoms with Crippen LogP contribution in [0.25, 0.3) is 0 Å². The highest BCUT2D eigenvalue weighted by Crippen LogP contribution is 2.44. The summed E-state index contributed by atoms with van der Waals surface area (Å²) in [6, 6.07) is 2.58. The number of hydrogen-bond acceptors (Lipinski definition) is 5. The number of nitrogens with one attached hydrogen (secondary N) is 1. The van der Waals surface area contributed by atoms with E-state index in [1.807, 2.05) is 0 Å². The number of carbonyl (C=O) groups excluding carboxylic acids is 4. The molecule has 1 aromatic carbocycles. The van der Waals surface area contributed by atoms with E-state index in [9.17, 15) is 23.6 Å². The van der Waals surface area contributed by atoms with Crippen LogP contribution in [-0.4, -0.2) is 34.8 Å². The Kier molecular flexibility index (Phi) is 4.76. The molecule has 154 valence electrons. The van der Waals surface area contributed by atoms with Gasteiger partial charge in [0.05, 0.1) is 0 Å². The molecule has 2 heterocycles. The molecule has 1 saturated carbocycles. The number of imide groups is 3. The number of nitrogens with zero attached hydrogens (tertiary/aromatic N) is 1. The molecule has 5 amide bonds. The Bertz CT molecular complexity index is 898. The lowest BCUT2D eigenvalue weighted by atomic mass is 9.81. The van der Waals surface area contributed by atoms with E-state index in [2.05, 4.69) is 5.32 Å². The lowest BCUT2D eigenvalue weighted by molar-refractivity contribution is -0.144. The van der Waals surface area contributed by atoms with Crippen molar-refractivity contribution >= 4 is 23.8 Å². The Labute approximate surface area is 166 Å². The van der Waals surface area contributed by atoms with E-state index in [-0.39, 0.29) is 30.1 Å². The smallest absolute Gasteiger partial charge is 0.332 e. The van der Waals surface area contributed by atoms with Gasteiger partial charge in [0.1, 0.15) is 11.6 Å². The van der Waals surface area contributed by atoms with E-state index >= 15 is 0 Å². The first kappa shape index (κ1) is 19.4. The number of urea groups is 1. The number of amides is 5. The molecule has 3 aliphatic rings. The molecule has 4 rings (SSSR count). The van der Waals surface area contributed by atoms with Gasteiger partial charge in [0, 0.05) is 18.4 Å². The van der Waals surface area contributed by atoms with Gasteiger partial charge < -0.3 is 15.8 Å². The minimum atomic E-state index is -1.77. The SMILES string of the molecule is NC(=O)C1CC2(NC(=O)N(C(=O)CC3CCCCC3)C2=O)c2cc(F)ccc2O1. The Morgan fingerprint density at radius 3 is 2.66 bits per heavy atom. The molecule has 2 atom stereocenters. The molecule has 29 heavy (non-hydrogen) atoms. The number of rotatable bonds is 3. The third-order valence-electron chi connectivity index (χ3n) is 6.01. The maximum atomic E-state index is 13.9. The summed E-state index contributed by atoms with van der Waals surface area (Å²) in [6.45, 7) is 0. The maximum absolute atomic E-state index is 13.9. The van der Waals surface area contributed by atoms with Crippen molar-refractivity contribution in [1.29, 1.82) is 0 Å². The van der Waals surface area contributed by atoms with Crippen LogP contribution in [0.5, 0.6) is 5.75 Å². The van der Waals surface area contributed by atoms with Crippen LogP contribution in [0, 0.1) is 11.7 Å². The van der Waals surface area contributed by atoms with Gasteiger partial charge in [-0.05, 0) is 37.0 Å². The fourth-order valence-electron chi connectivity index (χ4n) is 4.53. The number of benzene rings is 1. The summed E-state index contributed by atoms with van der Waals surface area (Å²) in [5.41, 5.74) is 3.66. The van der Waals surface area contributed by atoms with Gasteiger partial charge in [-0.15, -0.1) is 0 Å². The van der Waals surface area contributed by atoms with Crippen molar-refractivity contribution in [3.8, 4) is 5.75 Å². The van der Waals surface area contributed by atoms with Gasteiger partial charge in [-0.3, -0.25) is 14.4 Å². The van der Waals surface area contributed by atoms with Crippen LogP contribution in [0.4, 0.5) is 9.18 Å². The lowest BCUT2D eigenvalue weighted by Crippen LogP contribution is -2.53. The molecule has 1 aromatic rings. The molecule has 0 radical (unpaired) electrons. The highest BCUT2D eigenvalue weighted by Gasteiger charge is 2.59. The van der Waals surface area contributed by atoms with Crippen molar-refractivity contribution in [2.75, 3.05) is 0 Å². The molecular formula is C20H22FN3O5. The van der Waals surface area contributed by atoms with Crippen molar-refractivity contribution in [2.45, 2.75) is 56.6 Å². The first-order chi connectivity index (χ1) is 13.8. The number of ether oxygens (including phenoxy) is 1. The van der Waals surface area contributed by atoms with E-state index < -0.39 is 41.2 Å². The largest absolute Gasteiger partial charge is 0.480 e. The summed E-state index contributed by atoms with van der Waals surface area (Å²) >= 11 is 0. The van der Waals surface area contributed by atoms with Crippen LogP contribution < -0.4 is 15.8 Å². The Hall–Kier alpha value is -2.97. The summed E-state index contributed by atoms with van der Waals surface area (Å²) in [4.78, 5) is 51.1. The Morgan fingerprint density at radius 2 is 1.97 bits per heavy atom. The monoisotopic (exact) mass is 403 g/mol. The fraction of sp³-hybridized carbons (Fsp3) is 0.500. The molecular weight excluding hydrogens is 381 g/mol. The minimum Gasteiger partial charge on any atom is -0.480 e. The van der Waals surface area contributed by atoms with Crippen molar-refractivity contribution < 1.29 is 28.3 Å². The van der Waals surface area contributed by atoms with Gasteiger partial charge in [0.25, 0.3) is 11.8 Å². The molecule has 3 N–H and O–H groups in total. The van der Waals surface area contributed by atoms with Gasteiger partial charge in [0.15, 0.2) is 11.6 Å². The van der Waals surface area contributed by atoms with E-state index in [0.29, 0.717) is 4.90 Å². The Balaban J connectivity index is 1.68. The standard InChI is InChI=1S/C20H22FN3O5/c21-12-6-7-14-13(9-12)20(10-15(29-14)17(22)26)18(27)24(19(28)23-20)16(25)8-11-4-2-1-3-5-11/h6-7,9,11,15H,1-5,8,10H2,(H2,22,26)(H,23,28). The molecule has 8 nitrogen and oxygen atoms in total. The number of carbonyl (C=O) groups is 4. The van der Waals surface area contributed by atoms with Crippen LogP contribution in [0.3, 0.4) is 0 Å². The zero-order chi connectivity index (χ0) is 20.8. The van der Waals surface area contributed by atoms with Crippen LogP contribution in [0.1, 0.15) is 50.5 Å². The molecule has 2 unspecified atom stereocenters. The number of halogens is 1. The number of fused-ring (bicyclic) bond motifs is 2. The fourth-order valence-corrected chi connectivity index (χ4v) is 4.53. The van der Waals surface area contributed by atoms with Gasteiger partial charge in [-0.2, -0.15) is 4.90 Å². The number of primary amides is 1.